The molecule has 6 rings (SSSR count). The first-order valence-corrected chi connectivity index (χ1v) is 21.2. The molecular formula is C42H60N4O3Si. The molecule has 8 heteroatoms. The summed E-state index contributed by atoms with van der Waals surface area (Å²) in [6.07, 6.45) is 7.86. The van der Waals surface area contributed by atoms with Gasteiger partial charge in [-0.3, -0.25) is 9.69 Å². The van der Waals surface area contributed by atoms with Crippen LogP contribution in [-0.4, -0.2) is 75.1 Å². The minimum Gasteiger partial charge on any atom is -0.466 e. The van der Waals surface area contributed by atoms with E-state index in [1.54, 1.807) is 0 Å². The van der Waals surface area contributed by atoms with Crippen molar-refractivity contribution < 1.29 is 14.0 Å². The highest BCUT2D eigenvalue weighted by atomic mass is 28.4. The van der Waals surface area contributed by atoms with Crippen molar-refractivity contribution >= 4 is 36.2 Å². The lowest BCUT2D eigenvalue weighted by Gasteiger charge is -2.47. The van der Waals surface area contributed by atoms with Crippen molar-refractivity contribution in [3.8, 4) is 0 Å². The molecular weight excluding hydrogens is 637 g/mol. The molecule has 0 spiro atoms. The van der Waals surface area contributed by atoms with Crippen molar-refractivity contribution in [1.29, 1.82) is 0 Å². The molecule has 1 saturated carbocycles. The molecule has 2 aliphatic heterocycles. The Bertz CT molecular complexity index is 1510. The molecule has 270 valence electrons. The lowest BCUT2D eigenvalue weighted by Crippen LogP contribution is -2.68. The lowest BCUT2D eigenvalue weighted by atomic mass is 9.71. The van der Waals surface area contributed by atoms with Crippen LogP contribution < -0.4 is 20.6 Å². The molecule has 1 aliphatic carbocycles. The van der Waals surface area contributed by atoms with Crippen molar-refractivity contribution in [3.05, 3.63) is 78.5 Å². The maximum absolute atomic E-state index is 13.7. The quantitative estimate of drug-likeness (QED) is 0.157. The molecule has 2 aromatic carbocycles. The summed E-state index contributed by atoms with van der Waals surface area (Å²) in [5.41, 5.74) is 1.53. The van der Waals surface area contributed by atoms with E-state index in [1.807, 2.05) is 6.92 Å². The normalized spacial score (nSPS) is 24.8. The van der Waals surface area contributed by atoms with E-state index in [0.717, 1.165) is 62.4 Å². The zero-order valence-electron chi connectivity index (χ0n) is 31.4. The summed E-state index contributed by atoms with van der Waals surface area (Å²) in [7, 11) is -2.67. The van der Waals surface area contributed by atoms with E-state index in [4.69, 9.17) is 14.1 Å². The van der Waals surface area contributed by atoms with Gasteiger partial charge in [-0.15, -0.1) is 0 Å². The first kappa shape index (κ1) is 36.6. The van der Waals surface area contributed by atoms with Crippen LogP contribution in [0.5, 0.6) is 0 Å². The van der Waals surface area contributed by atoms with Gasteiger partial charge in [0.05, 0.1) is 23.4 Å². The number of rotatable bonds is 12. The lowest BCUT2D eigenvalue weighted by molar-refractivity contribution is -0.159. The number of nitrogens with one attached hydrogen (secondary N) is 1. The highest BCUT2D eigenvalue weighted by Gasteiger charge is 2.53. The fraction of sp³-hybridized carbons (Fsp3) is 0.571. The fourth-order valence-electron chi connectivity index (χ4n) is 9.11. The molecule has 0 unspecified atom stereocenters. The highest BCUT2D eigenvalue weighted by molar-refractivity contribution is 6.99. The van der Waals surface area contributed by atoms with E-state index in [2.05, 4.69) is 123 Å². The van der Waals surface area contributed by atoms with E-state index in [0.29, 0.717) is 25.2 Å². The van der Waals surface area contributed by atoms with Crippen molar-refractivity contribution in [2.24, 2.45) is 5.41 Å². The van der Waals surface area contributed by atoms with Crippen LogP contribution in [0.2, 0.25) is 5.04 Å². The number of carbonyl (C=O) groups excluding carboxylic acids is 1. The predicted molar refractivity (Wildman–Crippen MR) is 208 cm³/mol. The molecule has 1 N–H and O–H groups in total. The van der Waals surface area contributed by atoms with Gasteiger partial charge in [0.2, 0.25) is 0 Å². The minimum absolute atomic E-state index is 0.0631. The van der Waals surface area contributed by atoms with Crippen molar-refractivity contribution in [1.82, 2.24) is 9.88 Å². The van der Waals surface area contributed by atoms with Crippen LogP contribution >= 0.6 is 0 Å². The van der Waals surface area contributed by atoms with Crippen LogP contribution in [0.25, 0.3) is 0 Å². The molecule has 0 amide bonds. The Hall–Kier alpha value is -3.20. The molecule has 2 saturated heterocycles. The van der Waals surface area contributed by atoms with Crippen LogP contribution in [-0.2, 0) is 14.0 Å². The van der Waals surface area contributed by atoms with Gasteiger partial charge in [0.15, 0.2) is 0 Å². The monoisotopic (exact) mass is 696 g/mol. The third-order valence-corrected chi connectivity index (χ3v) is 17.0. The number of carbonyl (C=O) groups is 1. The molecule has 3 heterocycles. The maximum Gasteiger partial charge on any atom is 0.312 e. The Morgan fingerprint density at radius 1 is 0.940 bits per heavy atom. The smallest absolute Gasteiger partial charge is 0.312 e. The van der Waals surface area contributed by atoms with Gasteiger partial charge in [0, 0.05) is 37.8 Å². The van der Waals surface area contributed by atoms with Gasteiger partial charge in [-0.1, -0.05) is 81.4 Å². The summed E-state index contributed by atoms with van der Waals surface area (Å²) in [6, 6.07) is 27.4. The molecule has 3 aromatic rings. The van der Waals surface area contributed by atoms with Crippen LogP contribution in [0.3, 0.4) is 0 Å². The molecule has 50 heavy (non-hydrogen) atoms. The Morgan fingerprint density at radius 3 is 2.16 bits per heavy atom. The van der Waals surface area contributed by atoms with Gasteiger partial charge in [0.1, 0.15) is 5.82 Å². The zero-order chi connectivity index (χ0) is 35.4. The number of nitrogens with zero attached hydrogens (tertiary/aromatic N) is 3. The Balaban J connectivity index is 1.12. The van der Waals surface area contributed by atoms with E-state index >= 15 is 0 Å². The average Bonchev–Trinajstić information content (AvgIpc) is 3.78. The maximum atomic E-state index is 13.7. The third-order valence-electron chi connectivity index (χ3n) is 11.9. The van der Waals surface area contributed by atoms with E-state index in [-0.39, 0.29) is 17.1 Å². The summed E-state index contributed by atoms with van der Waals surface area (Å²) in [6.45, 7) is 17.8. The first-order valence-electron chi connectivity index (χ1n) is 19.2. The SMILES string of the molecule is CCOC(=O)C1(CCNc2ccc(N3CC[C@@H](N4CCC[C@@H]4C)C3)nc2C)CCC(O[Si](c2ccccc2)(c2ccccc2)C(C)(C)C)CC1. The van der Waals surface area contributed by atoms with E-state index in [1.165, 1.54) is 36.2 Å². The van der Waals surface area contributed by atoms with Crippen LogP contribution in [0.15, 0.2) is 72.8 Å². The second-order valence-electron chi connectivity index (χ2n) is 16.1. The highest BCUT2D eigenvalue weighted by Crippen LogP contribution is 2.45. The van der Waals surface area contributed by atoms with Crippen LogP contribution in [0.1, 0.15) is 91.7 Å². The van der Waals surface area contributed by atoms with Crippen LogP contribution in [0.4, 0.5) is 11.5 Å². The molecule has 7 nitrogen and oxygen atoms in total. The van der Waals surface area contributed by atoms with Crippen LogP contribution in [0, 0.1) is 12.3 Å². The number of esters is 1. The predicted octanol–water partition coefficient (Wildman–Crippen LogP) is 7.32. The summed E-state index contributed by atoms with van der Waals surface area (Å²) in [5, 5.41) is 6.16. The molecule has 3 fully saturated rings. The summed E-state index contributed by atoms with van der Waals surface area (Å²) in [4.78, 5) is 23.9. The number of benzene rings is 2. The summed E-state index contributed by atoms with van der Waals surface area (Å²) < 4.78 is 13.2. The van der Waals surface area contributed by atoms with Gasteiger partial charge in [-0.2, -0.15) is 0 Å². The zero-order valence-corrected chi connectivity index (χ0v) is 32.4. The Morgan fingerprint density at radius 2 is 1.60 bits per heavy atom. The number of pyridine rings is 1. The number of anilines is 2. The Labute approximate surface area is 302 Å². The van der Waals surface area contributed by atoms with Gasteiger partial charge < -0.3 is 19.4 Å². The number of ether oxygens (including phenoxy) is 1. The van der Waals surface area contributed by atoms with Gasteiger partial charge >= 0.3 is 5.97 Å². The number of hydrogen-bond donors (Lipinski definition) is 1. The third kappa shape index (κ3) is 7.53. The number of hydrogen-bond acceptors (Lipinski definition) is 7. The van der Waals surface area contributed by atoms with Crippen molar-refractivity contribution in [2.75, 3.05) is 43.0 Å². The largest absolute Gasteiger partial charge is 0.466 e. The molecule has 1 aromatic heterocycles. The van der Waals surface area contributed by atoms with E-state index < -0.39 is 13.7 Å². The fourth-order valence-corrected chi connectivity index (χ4v) is 13.9. The molecule has 0 bridgehead atoms. The molecule has 3 aliphatic rings. The summed E-state index contributed by atoms with van der Waals surface area (Å²) in [5.74, 6) is 1.01. The second-order valence-corrected chi connectivity index (χ2v) is 20.3. The summed E-state index contributed by atoms with van der Waals surface area (Å²) >= 11 is 0. The van der Waals surface area contributed by atoms with Gasteiger partial charge in [0.25, 0.3) is 8.32 Å². The topological polar surface area (TPSA) is 66.9 Å². The second kappa shape index (κ2) is 15.6. The number of aryl methyl sites for hydroxylation is 1. The minimum atomic E-state index is -2.67. The number of aromatic nitrogens is 1. The molecule has 2 atom stereocenters. The van der Waals surface area contributed by atoms with Crippen molar-refractivity contribution in [3.63, 3.8) is 0 Å². The Kier molecular flexibility index (Phi) is 11.4. The van der Waals surface area contributed by atoms with Gasteiger partial charge in [-0.05, 0) is 106 Å². The number of likely N-dealkylation sites (tertiary alicyclic amines) is 1. The average molecular weight is 697 g/mol. The molecule has 0 radical (unpaired) electrons. The van der Waals surface area contributed by atoms with Crippen molar-refractivity contribution in [2.45, 2.75) is 116 Å². The van der Waals surface area contributed by atoms with E-state index in [9.17, 15) is 4.79 Å². The first-order chi connectivity index (χ1) is 24.1. The van der Waals surface area contributed by atoms with Gasteiger partial charge in [-0.25, -0.2) is 4.98 Å². The standard InChI is InChI=1S/C42H60N4O3Si/c1-7-48-40(47)42(27-28-43-38-20-21-39(44-33(38)3)45-30-24-34(31-45)46-29-14-15-32(46)2)25-22-35(23-26-42)49-50(41(4,5)6,36-16-10-8-11-17-36)37-18-12-9-13-19-37/h8-13,16-21,32,34-35,43H,7,14-15,22-31H2,1-6H3/t32-,34+,35?,42?/m0/s1.